The number of carbonyl (C=O) groups excluding carboxylic acids is 1. The van der Waals surface area contributed by atoms with Crippen LogP contribution in [0.4, 0.5) is 0 Å². The molecule has 1 heterocycles. The molecule has 0 amide bonds. The summed E-state index contributed by atoms with van der Waals surface area (Å²) in [4.78, 5) is 10.4. The first-order valence-corrected chi connectivity index (χ1v) is 4.16. The predicted octanol–water partition coefficient (Wildman–Crippen LogP) is -4.64. The van der Waals surface area contributed by atoms with Crippen LogP contribution in [0.3, 0.4) is 0 Å². The third kappa shape index (κ3) is 3.63. The van der Waals surface area contributed by atoms with E-state index < -0.39 is 11.2 Å². The van der Waals surface area contributed by atoms with E-state index in [2.05, 4.69) is 5.32 Å². The Labute approximate surface area is 119 Å². The van der Waals surface area contributed by atoms with Gasteiger partial charge in [-0.3, -0.25) is 0 Å². The molecule has 1 aliphatic heterocycles. The molecule has 0 aromatic heterocycles. The van der Waals surface area contributed by atoms with Gasteiger partial charge < -0.3 is 20.7 Å². The van der Waals surface area contributed by atoms with Crippen LogP contribution in [0.15, 0.2) is 0 Å². The molecule has 1 fully saturated rings. The molecule has 1 atom stereocenters. The second kappa shape index (κ2) is 5.97. The van der Waals surface area contributed by atoms with E-state index in [4.69, 9.17) is 0 Å². The van der Waals surface area contributed by atoms with Crippen LogP contribution < -0.4 is 61.8 Å². The Morgan fingerprint density at radius 1 is 1.67 bits per heavy atom. The normalized spacial score (nSPS) is 25.3. The summed E-state index contributed by atoms with van der Waals surface area (Å²) in [6.45, 7) is 3.74. The zero-order valence-corrected chi connectivity index (χ0v) is 11.4. The second-order valence-corrected chi connectivity index (χ2v) is 4.00. The summed E-state index contributed by atoms with van der Waals surface area (Å²) in [6, 6.07) is 0. The topological polar surface area (TPSA) is 83.7 Å². The van der Waals surface area contributed by atoms with Crippen molar-refractivity contribution in [2.75, 3.05) is 5.88 Å². The van der Waals surface area contributed by atoms with Gasteiger partial charge in [-0.2, -0.15) is 0 Å². The monoisotopic (exact) mass is 217 g/mol. The van der Waals surface area contributed by atoms with Crippen molar-refractivity contribution in [3.8, 4) is 0 Å². The van der Waals surface area contributed by atoms with Crippen molar-refractivity contribution < 1.29 is 66.8 Å². The number of aliphatic carboxylic acids is 1. The molecule has 1 saturated heterocycles. The summed E-state index contributed by atoms with van der Waals surface area (Å²) < 4.78 is 0. The molecule has 12 heavy (non-hydrogen) atoms. The molecule has 3 N–H and O–H groups in total. The van der Waals surface area contributed by atoms with Crippen LogP contribution in [0.2, 0.25) is 0 Å². The summed E-state index contributed by atoms with van der Waals surface area (Å²) in [5, 5.41) is 13.1. The molecule has 0 saturated carbocycles. The zero-order chi connectivity index (χ0) is 7.78. The fourth-order valence-corrected chi connectivity index (χ4v) is 2.23. The van der Waals surface area contributed by atoms with Crippen LogP contribution in [0.5, 0.6) is 0 Å². The number of carboxylic acid groups (broad SMARTS) is 1. The molecule has 0 aromatic carbocycles. The minimum atomic E-state index is -0.972. The van der Waals surface area contributed by atoms with E-state index in [1.807, 2.05) is 13.8 Å². The minimum absolute atomic E-state index is 0. The third-order valence-corrected chi connectivity index (χ3v) is 3.07. The molecule has 1 aliphatic rings. The van der Waals surface area contributed by atoms with Gasteiger partial charge in [0.2, 0.25) is 0 Å². The molecular weight excluding hydrogens is 205 g/mol. The predicted molar refractivity (Wildman–Crippen MR) is 42.1 cm³/mol. The SMILES string of the molecule is CC1(C)NCS[C@H]1C(=O)[O-].O.[K+]. The quantitative estimate of drug-likeness (QED) is 0.448. The van der Waals surface area contributed by atoms with Crippen LogP contribution in [-0.4, -0.2) is 28.1 Å². The van der Waals surface area contributed by atoms with Crippen molar-refractivity contribution in [1.29, 1.82) is 0 Å². The molecule has 1 rings (SSSR count). The number of thioether (sulfide) groups is 1. The summed E-state index contributed by atoms with van der Waals surface area (Å²) in [5.74, 6) is -0.272. The number of hydrogen-bond donors (Lipinski definition) is 1. The smallest absolute Gasteiger partial charge is 0.549 e. The van der Waals surface area contributed by atoms with Crippen LogP contribution in [0, 0.1) is 0 Å². The molecule has 66 valence electrons. The van der Waals surface area contributed by atoms with Crippen LogP contribution >= 0.6 is 11.8 Å². The Balaban J connectivity index is 0. The van der Waals surface area contributed by atoms with Crippen LogP contribution in [0.25, 0.3) is 0 Å². The summed E-state index contributed by atoms with van der Waals surface area (Å²) in [5.41, 5.74) is -0.316. The summed E-state index contributed by atoms with van der Waals surface area (Å²) in [7, 11) is 0. The van der Waals surface area contributed by atoms with Gasteiger partial charge in [0.05, 0.1) is 11.2 Å². The Kier molecular flexibility index (Phi) is 7.88. The van der Waals surface area contributed by atoms with E-state index in [0.717, 1.165) is 0 Å². The van der Waals surface area contributed by atoms with E-state index in [1.54, 1.807) is 0 Å². The van der Waals surface area contributed by atoms with Crippen molar-refractivity contribution in [2.45, 2.75) is 24.6 Å². The van der Waals surface area contributed by atoms with Crippen molar-refractivity contribution >= 4 is 17.7 Å². The standard InChI is InChI=1S/C6H11NO2S.K.H2O/c1-6(2)4(5(8)9)10-3-7-6;;/h4,7H,3H2,1-2H3,(H,8,9);;1H2/q;+1;/p-1/t4-;;/m0../s1. The van der Waals surface area contributed by atoms with Crippen molar-refractivity contribution in [2.24, 2.45) is 0 Å². The van der Waals surface area contributed by atoms with Gasteiger partial charge in [0.15, 0.2) is 0 Å². The number of hydrogen-bond acceptors (Lipinski definition) is 4. The largest absolute Gasteiger partial charge is 1.00 e. The second-order valence-electron chi connectivity index (χ2n) is 2.91. The zero-order valence-electron chi connectivity index (χ0n) is 7.51. The number of carboxylic acids is 1. The average Bonchev–Trinajstić information content (AvgIpc) is 2.08. The number of rotatable bonds is 1. The maximum absolute atomic E-state index is 10.4. The Hall–Kier alpha value is 1.38. The summed E-state index contributed by atoms with van der Waals surface area (Å²) >= 11 is 1.38. The van der Waals surface area contributed by atoms with E-state index >= 15 is 0 Å². The van der Waals surface area contributed by atoms with Crippen molar-refractivity contribution in [1.82, 2.24) is 5.32 Å². The first-order chi connectivity index (χ1) is 4.54. The van der Waals surface area contributed by atoms with Gasteiger partial charge >= 0.3 is 51.4 Å². The molecule has 4 nitrogen and oxygen atoms in total. The first-order valence-electron chi connectivity index (χ1n) is 3.11. The number of carbonyl (C=O) groups is 1. The average molecular weight is 217 g/mol. The molecule has 0 bridgehead atoms. The third-order valence-electron chi connectivity index (χ3n) is 1.65. The van der Waals surface area contributed by atoms with E-state index in [9.17, 15) is 9.90 Å². The van der Waals surface area contributed by atoms with Gasteiger partial charge in [-0.15, -0.1) is 11.8 Å². The van der Waals surface area contributed by atoms with Gasteiger partial charge in [0.25, 0.3) is 0 Å². The molecule has 0 spiro atoms. The maximum atomic E-state index is 10.4. The molecular formula is C6H12KNO3S. The Bertz CT molecular complexity index is 165. The fourth-order valence-electron chi connectivity index (χ4n) is 0.975. The molecule has 6 heteroatoms. The van der Waals surface area contributed by atoms with Crippen molar-refractivity contribution in [3.05, 3.63) is 0 Å². The molecule has 0 aromatic rings. The van der Waals surface area contributed by atoms with E-state index in [1.165, 1.54) is 11.8 Å². The van der Waals surface area contributed by atoms with Crippen LogP contribution in [0.1, 0.15) is 13.8 Å². The molecule has 0 unspecified atom stereocenters. The van der Waals surface area contributed by atoms with Gasteiger partial charge in [-0.1, -0.05) is 0 Å². The minimum Gasteiger partial charge on any atom is -0.549 e. The Morgan fingerprint density at radius 3 is 2.33 bits per heavy atom. The van der Waals surface area contributed by atoms with Gasteiger partial charge in [0.1, 0.15) is 0 Å². The Morgan fingerprint density at radius 2 is 2.17 bits per heavy atom. The van der Waals surface area contributed by atoms with Gasteiger partial charge in [-0.25, -0.2) is 0 Å². The van der Waals surface area contributed by atoms with Gasteiger partial charge in [0, 0.05) is 11.4 Å². The fraction of sp³-hybridized carbons (Fsp3) is 0.833. The van der Waals surface area contributed by atoms with Gasteiger partial charge in [-0.05, 0) is 13.8 Å². The first kappa shape index (κ1) is 15.8. The van der Waals surface area contributed by atoms with E-state index in [0.29, 0.717) is 5.88 Å². The maximum Gasteiger partial charge on any atom is 1.00 e. The molecule has 0 radical (unpaired) electrons. The van der Waals surface area contributed by atoms with Crippen LogP contribution in [-0.2, 0) is 4.79 Å². The van der Waals surface area contributed by atoms with Crippen molar-refractivity contribution in [3.63, 3.8) is 0 Å². The van der Waals surface area contributed by atoms with E-state index in [-0.39, 0.29) is 62.4 Å². The molecule has 0 aliphatic carbocycles. The summed E-state index contributed by atoms with van der Waals surface area (Å²) in [6.07, 6.45) is 0. The number of nitrogens with one attached hydrogen (secondary N) is 1.